The summed E-state index contributed by atoms with van der Waals surface area (Å²) in [6.45, 7) is 5.74. The van der Waals surface area contributed by atoms with Crippen LogP contribution in [0.15, 0.2) is 59.5 Å². The van der Waals surface area contributed by atoms with E-state index in [4.69, 9.17) is 0 Å². The number of nitrogens with one attached hydrogen (secondary N) is 2. The molecule has 4 rings (SSSR count). The molecule has 1 saturated carbocycles. The number of nitrogens with zero attached hydrogens (tertiary/aromatic N) is 1. The van der Waals surface area contributed by atoms with Gasteiger partial charge in [-0.25, -0.2) is 8.42 Å². The van der Waals surface area contributed by atoms with Crippen LogP contribution in [0.1, 0.15) is 44.2 Å². The van der Waals surface area contributed by atoms with E-state index in [1.807, 2.05) is 13.8 Å². The molecule has 1 saturated heterocycles. The molecular formula is C27H34F3N3O3S. The number of benzene rings is 2. The van der Waals surface area contributed by atoms with Crippen molar-refractivity contribution in [3.8, 4) is 0 Å². The zero-order valence-electron chi connectivity index (χ0n) is 21.0. The van der Waals surface area contributed by atoms with E-state index in [0.717, 1.165) is 25.5 Å². The molecule has 1 aliphatic heterocycles. The Balaban J connectivity index is 1.39. The third-order valence-electron chi connectivity index (χ3n) is 7.30. The molecule has 0 spiro atoms. The minimum Gasteiger partial charge on any atom is -0.352 e. The lowest BCUT2D eigenvalue weighted by atomic mass is 9.97. The van der Waals surface area contributed by atoms with Crippen molar-refractivity contribution in [3.63, 3.8) is 0 Å². The van der Waals surface area contributed by atoms with Crippen LogP contribution < -0.4 is 10.0 Å². The molecule has 37 heavy (non-hydrogen) atoms. The van der Waals surface area contributed by atoms with E-state index in [1.54, 1.807) is 24.3 Å². The van der Waals surface area contributed by atoms with Crippen LogP contribution in [0.3, 0.4) is 0 Å². The Morgan fingerprint density at radius 3 is 2.46 bits per heavy atom. The summed E-state index contributed by atoms with van der Waals surface area (Å²) >= 11 is 0. The van der Waals surface area contributed by atoms with E-state index in [0.29, 0.717) is 31.0 Å². The topological polar surface area (TPSA) is 78.5 Å². The van der Waals surface area contributed by atoms with Crippen molar-refractivity contribution in [1.29, 1.82) is 0 Å². The minimum absolute atomic E-state index is 0.0972. The highest BCUT2D eigenvalue weighted by atomic mass is 32.2. The number of carbonyl (C=O) groups excluding carboxylic acids is 1. The summed E-state index contributed by atoms with van der Waals surface area (Å²) in [5, 5.41) is 3.10. The first kappa shape index (κ1) is 27.6. The van der Waals surface area contributed by atoms with Gasteiger partial charge in [0.05, 0.1) is 10.5 Å². The summed E-state index contributed by atoms with van der Waals surface area (Å²) in [5.74, 6) is 0.288. The van der Waals surface area contributed by atoms with Crippen LogP contribution in [-0.2, 0) is 27.5 Å². The van der Waals surface area contributed by atoms with Gasteiger partial charge in [0, 0.05) is 25.7 Å². The van der Waals surface area contributed by atoms with Gasteiger partial charge in [-0.2, -0.15) is 17.9 Å². The Hall–Kier alpha value is -2.43. The van der Waals surface area contributed by atoms with Gasteiger partial charge >= 0.3 is 6.18 Å². The maximum absolute atomic E-state index is 13.3. The maximum atomic E-state index is 13.3. The standard InChI is InChI=1S/C27H34F3N3O3S/c1-18(2)13-25(32-37(35,36)22-9-4-3-5-10-22)26(34)31-24-12-11-20-16-33(17-23(20)24)15-19-7-6-8-21(14-19)27(28,29)30/h3-10,14,18,20,23-25,32H,11-13,15-17H2,1-2H3,(H,31,34)/t20-,23+,24+,25-/m0/s1. The van der Waals surface area contributed by atoms with Gasteiger partial charge in [-0.1, -0.05) is 50.2 Å². The Kier molecular flexibility index (Phi) is 8.30. The second-order valence-corrected chi connectivity index (χ2v) is 12.3. The van der Waals surface area contributed by atoms with Crippen LogP contribution in [0.2, 0.25) is 0 Å². The predicted octanol–water partition coefficient (Wildman–Crippen LogP) is 4.43. The van der Waals surface area contributed by atoms with Crippen LogP contribution in [0.4, 0.5) is 13.2 Å². The molecule has 2 aromatic rings. The van der Waals surface area contributed by atoms with Gasteiger partial charge in [0.1, 0.15) is 6.04 Å². The van der Waals surface area contributed by atoms with Gasteiger partial charge in [-0.15, -0.1) is 0 Å². The van der Waals surface area contributed by atoms with Gasteiger partial charge in [-0.3, -0.25) is 9.69 Å². The van der Waals surface area contributed by atoms with Gasteiger partial charge < -0.3 is 5.32 Å². The van der Waals surface area contributed by atoms with Crippen molar-refractivity contribution in [1.82, 2.24) is 14.9 Å². The van der Waals surface area contributed by atoms with E-state index in [9.17, 15) is 26.4 Å². The fourth-order valence-electron chi connectivity index (χ4n) is 5.59. The van der Waals surface area contributed by atoms with Gasteiger partial charge in [0.25, 0.3) is 0 Å². The Morgan fingerprint density at radius 1 is 1.05 bits per heavy atom. The largest absolute Gasteiger partial charge is 0.416 e. The number of hydrogen-bond acceptors (Lipinski definition) is 4. The second-order valence-electron chi connectivity index (χ2n) is 10.6. The third kappa shape index (κ3) is 6.91. The fraction of sp³-hybridized carbons (Fsp3) is 0.519. The molecule has 0 aromatic heterocycles. The lowest BCUT2D eigenvalue weighted by Gasteiger charge is -2.26. The number of alkyl halides is 3. The Labute approximate surface area is 216 Å². The summed E-state index contributed by atoms with van der Waals surface area (Å²) in [6, 6.07) is 12.4. The molecule has 1 heterocycles. The quantitative estimate of drug-likeness (QED) is 0.496. The first-order valence-corrected chi connectivity index (χ1v) is 14.2. The lowest BCUT2D eigenvalue weighted by Crippen LogP contribution is -2.51. The number of amides is 1. The smallest absolute Gasteiger partial charge is 0.352 e. The molecule has 6 nitrogen and oxygen atoms in total. The van der Waals surface area contributed by atoms with Crippen molar-refractivity contribution in [2.45, 2.75) is 62.8 Å². The molecule has 2 aliphatic rings. The Morgan fingerprint density at radius 2 is 1.78 bits per heavy atom. The molecule has 4 atom stereocenters. The molecule has 2 fully saturated rings. The van der Waals surface area contributed by atoms with Crippen LogP contribution in [-0.4, -0.2) is 44.4 Å². The van der Waals surface area contributed by atoms with Crippen molar-refractivity contribution in [2.24, 2.45) is 17.8 Å². The highest BCUT2D eigenvalue weighted by Crippen LogP contribution is 2.39. The maximum Gasteiger partial charge on any atom is 0.416 e. The van der Waals surface area contributed by atoms with E-state index in [1.165, 1.54) is 24.3 Å². The van der Waals surface area contributed by atoms with E-state index in [2.05, 4.69) is 14.9 Å². The summed E-state index contributed by atoms with van der Waals surface area (Å²) in [4.78, 5) is 15.5. The molecule has 2 aromatic carbocycles. The lowest BCUT2D eigenvalue weighted by molar-refractivity contribution is -0.137. The predicted molar refractivity (Wildman–Crippen MR) is 135 cm³/mol. The van der Waals surface area contributed by atoms with Crippen molar-refractivity contribution < 1.29 is 26.4 Å². The molecule has 202 valence electrons. The normalized spacial score (nSPS) is 23.2. The number of fused-ring (bicyclic) bond motifs is 1. The molecule has 10 heteroatoms. The van der Waals surface area contributed by atoms with Crippen LogP contribution in [0.5, 0.6) is 0 Å². The summed E-state index contributed by atoms with van der Waals surface area (Å²) in [7, 11) is -3.86. The highest BCUT2D eigenvalue weighted by molar-refractivity contribution is 7.89. The van der Waals surface area contributed by atoms with Crippen molar-refractivity contribution in [3.05, 3.63) is 65.7 Å². The SMILES string of the molecule is CC(C)C[C@H](NS(=O)(=O)c1ccccc1)C(=O)N[C@@H]1CC[C@H]2CN(Cc3cccc(C(F)(F)F)c3)C[C@H]21. The molecule has 2 N–H and O–H groups in total. The molecular weight excluding hydrogens is 503 g/mol. The first-order chi connectivity index (χ1) is 17.4. The van der Waals surface area contributed by atoms with Crippen molar-refractivity contribution >= 4 is 15.9 Å². The minimum atomic E-state index is -4.37. The number of hydrogen-bond donors (Lipinski definition) is 2. The van der Waals surface area contributed by atoms with Gasteiger partial charge in [0.15, 0.2) is 0 Å². The van der Waals surface area contributed by atoms with E-state index in [-0.39, 0.29) is 28.7 Å². The summed E-state index contributed by atoms with van der Waals surface area (Å²) in [5.41, 5.74) is -0.0358. The second kappa shape index (κ2) is 11.1. The monoisotopic (exact) mass is 537 g/mol. The average molecular weight is 538 g/mol. The van der Waals surface area contributed by atoms with Crippen LogP contribution in [0, 0.1) is 17.8 Å². The zero-order valence-corrected chi connectivity index (χ0v) is 21.9. The zero-order chi connectivity index (χ0) is 26.8. The number of likely N-dealkylation sites (tertiary alicyclic amines) is 1. The molecule has 0 bridgehead atoms. The van der Waals surface area contributed by atoms with Gasteiger partial charge in [0.2, 0.25) is 15.9 Å². The molecule has 0 radical (unpaired) electrons. The molecule has 0 unspecified atom stereocenters. The summed E-state index contributed by atoms with van der Waals surface area (Å²) in [6.07, 6.45) is -2.29. The third-order valence-corrected chi connectivity index (χ3v) is 8.78. The first-order valence-electron chi connectivity index (χ1n) is 12.7. The molecule has 1 aliphatic carbocycles. The number of halogens is 3. The summed E-state index contributed by atoms with van der Waals surface area (Å²) < 4.78 is 67.6. The van der Waals surface area contributed by atoms with Crippen LogP contribution >= 0.6 is 0 Å². The molecule has 1 amide bonds. The number of rotatable bonds is 9. The highest BCUT2D eigenvalue weighted by Gasteiger charge is 2.44. The number of sulfonamides is 1. The fourth-order valence-corrected chi connectivity index (χ4v) is 6.82. The van der Waals surface area contributed by atoms with Crippen LogP contribution in [0.25, 0.3) is 0 Å². The Bertz CT molecular complexity index is 1190. The van der Waals surface area contributed by atoms with E-state index < -0.39 is 27.8 Å². The average Bonchev–Trinajstić information content (AvgIpc) is 3.39. The van der Waals surface area contributed by atoms with Gasteiger partial charge in [-0.05, 0) is 60.8 Å². The van der Waals surface area contributed by atoms with Crippen molar-refractivity contribution in [2.75, 3.05) is 13.1 Å². The van der Waals surface area contributed by atoms with E-state index >= 15 is 0 Å². The number of carbonyl (C=O) groups is 1.